The first kappa shape index (κ1) is 9.71. The van der Waals surface area contributed by atoms with Crippen molar-refractivity contribution >= 4 is 21.8 Å². The van der Waals surface area contributed by atoms with E-state index in [2.05, 4.69) is 20.9 Å². The second-order valence-corrected chi connectivity index (χ2v) is 4.62. The maximum absolute atomic E-state index is 11.6. The molecule has 1 aromatic rings. The first-order chi connectivity index (χ1) is 6.68. The van der Waals surface area contributed by atoms with Gasteiger partial charge in [-0.25, -0.2) is 4.98 Å². The standard InChI is InChI=1S/C9H12BrN3O/c1-12-6-11-4-7(12)5-13-3-2-8(10)9(13)14/h4,6,8H,2-3,5H2,1H3. The molecule has 0 spiro atoms. The number of hydrogen-bond donors (Lipinski definition) is 0. The fourth-order valence-corrected chi connectivity index (χ4v) is 2.08. The summed E-state index contributed by atoms with van der Waals surface area (Å²) in [5.41, 5.74) is 1.07. The maximum Gasteiger partial charge on any atom is 0.236 e. The average Bonchev–Trinajstić information content (AvgIpc) is 2.68. The van der Waals surface area contributed by atoms with E-state index in [4.69, 9.17) is 0 Å². The third-order valence-electron chi connectivity index (χ3n) is 2.50. The van der Waals surface area contributed by atoms with E-state index in [1.807, 2.05) is 16.5 Å². The Balaban J connectivity index is 2.06. The number of alkyl halides is 1. The van der Waals surface area contributed by atoms with Crippen molar-refractivity contribution in [1.82, 2.24) is 14.5 Å². The molecule has 0 aromatic carbocycles. The van der Waals surface area contributed by atoms with Crippen molar-refractivity contribution in [2.75, 3.05) is 6.54 Å². The highest BCUT2D eigenvalue weighted by Gasteiger charge is 2.29. The molecule has 1 atom stereocenters. The van der Waals surface area contributed by atoms with Crippen LogP contribution in [0.5, 0.6) is 0 Å². The zero-order valence-corrected chi connectivity index (χ0v) is 9.57. The first-order valence-electron chi connectivity index (χ1n) is 4.56. The van der Waals surface area contributed by atoms with Crippen LogP contribution in [-0.2, 0) is 18.4 Å². The lowest BCUT2D eigenvalue weighted by Gasteiger charge is -2.15. The molecule has 2 rings (SSSR count). The monoisotopic (exact) mass is 257 g/mol. The smallest absolute Gasteiger partial charge is 0.236 e. The molecule has 76 valence electrons. The third kappa shape index (κ3) is 1.68. The van der Waals surface area contributed by atoms with E-state index in [0.29, 0.717) is 6.54 Å². The molecule has 1 fully saturated rings. The van der Waals surface area contributed by atoms with Gasteiger partial charge >= 0.3 is 0 Å². The number of nitrogens with zero attached hydrogens (tertiary/aromatic N) is 3. The Morgan fingerprint density at radius 1 is 1.71 bits per heavy atom. The number of aryl methyl sites for hydroxylation is 1. The molecule has 0 N–H and O–H groups in total. The topological polar surface area (TPSA) is 38.1 Å². The van der Waals surface area contributed by atoms with Crippen molar-refractivity contribution in [1.29, 1.82) is 0 Å². The van der Waals surface area contributed by atoms with Crippen LogP contribution in [0.2, 0.25) is 0 Å². The van der Waals surface area contributed by atoms with Gasteiger partial charge in [-0.2, -0.15) is 0 Å². The molecule has 0 radical (unpaired) electrons. The van der Waals surface area contributed by atoms with Gasteiger partial charge < -0.3 is 9.47 Å². The summed E-state index contributed by atoms with van der Waals surface area (Å²) >= 11 is 3.35. The van der Waals surface area contributed by atoms with Gasteiger partial charge in [-0.05, 0) is 6.42 Å². The number of imidazole rings is 1. The molecule has 0 aliphatic carbocycles. The van der Waals surface area contributed by atoms with Crippen LogP contribution in [-0.4, -0.2) is 31.7 Å². The van der Waals surface area contributed by atoms with Crippen molar-refractivity contribution < 1.29 is 4.79 Å². The minimum atomic E-state index is 0.00993. The maximum atomic E-state index is 11.6. The van der Waals surface area contributed by atoms with Crippen molar-refractivity contribution in [3.05, 3.63) is 18.2 Å². The molecule has 1 unspecified atom stereocenters. The van der Waals surface area contributed by atoms with E-state index in [-0.39, 0.29) is 10.7 Å². The van der Waals surface area contributed by atoms with Crippen LogP contribution >= 0.6 is 15.9 Å². The Labute approximate surface area is 91.0 Å². The second kappa shape index (κ2) is 3.73. The van der Waals surface area contributed by atoms with Gasteiger partial charge in [-0.15, -0.1) is 0 Å². The Kier molecular flexibility index (Phi) is 2.58. The van der Waals surface area contributed by atoms with Crippen molar-refractivity contribution in [3.63, 3.8) is 0 Å². The zero-order valence-electron chi connectivity index (χ0n) is 7.98. The molecule has 4 nitrogen and oxygen atoms in total. The molecule has 1 amide bonds. The van der Waals surface area contributed by atoms with E-state index >= 15 is 0 Å². The lowest BCUT2D eigenvalue weighted by molar-refractivity contribution is -0.127. The highest BCUT2D eigenvalue weighted by Crippen LogP contribution is 2.20. The summed E-state index contributed by atoms with van der Waals surface area (Å²) in [6.07, 6.45) is 4.45. The van der Waals surface area contributed by atoms with Gasteiger partial charge in [0.2, 0.25) is 5.91 Å². The summed E-state index contributed by atoms with van der Waals surface area (Å²) in [7, 11) is 1.94. The largest absolute Gasteiger partial charge is 0.336 e. The van der Waals surface area contributed by atoms with Crippen molar-refractivity contribution in [2.24, 2.45) is 7.05 Å². The minimum Gasteiger partial charge on any atom is -0.336 e. The van der Waals surface area contributed by atoms with Gasteiger partial charge in [0, 0.05) is 19.8 Å². The Hall–Kier alpha value is -0.840. The van der Waals surface area contributed by atoms with Crippen LogP contribution in [0.3, 0.4) is 0 Å². The van der Waals surface area contributed by atoms with Crippen molar-refractivity contribution in [2.45, 2.75) is 17.8 Å². The summed E-state index contributed by atoms with van der Waals surface area (Å²) in [5, 5.41) is 0. The quantitative estimate of drug-likeness (QED) is 0.740. The fourth-order valence-electron chi connectivity index (χ4n) is 1.59. The SMILES string of the molecule is Cn1cncc1CN1CCC(Br)C1=O. The van der Waals surface area contributed by atoms with Crippen LogP contribution < -0.4 is 0 Å². The highest BCUT2D eigenvalue weighted by molar-refractivity contribution is 9.10. The van der Waals surface area contributed by atoms with E-state index < -0.39 is 0 Å². The average molecular weight is 258 g/mol. The number of amides is 1. The molecule has 5 heteroatoms. The van der Waals surface area contributed by atoms with E-state index in [0.717, 1.165) is 18.7 Å². The fraction of sp³-hybridized carbons (Fsp3) is 0.556. The number of aromatic nitrogens is 2. The number of carbonyl (C=O) groups excluding carboxylic acids is 1. The first-order valence-corrected chi connectivity index (χ1v) is 5.48. The predicted molar refractivity (Wildman–Crippen MR) is 56.0 cm³/mol. The lowest BCUT2D eigenvalue weighted by atomic mass is 10.4. The Morgan fingerprint density at radius 3 is 3.00 bits per heavy atom. The Bertz CT molecular complexity index is 350. The van der Waals surface area contributed by atoms with Crippen LogP contribution in [0.1, 0.15) is 12.1 Å². The van der Waals surface area contributed by atoms with Gasteiger partial charge in [-0.1, -0.05) is 15.9 Å². The number of rotatable bonds is 2. The van der Waals surface area contributed by atoms with Crippen LogP contribution in [0.15, 0.2) is 12.5 Å². The zero-order chi connectivity index (χ0) is 10.1. The van der Waals surface area contributed by atoms with Crippen LogP contribution in [0.4, 0.5) is 0 Å². The molecule has 1 aliphatic rings. The van der Waals surface area contributed by atoms with Crippen LogP contribution in [0, 0.1) is 0 Å². The van der Waals surface area contributed by atoms with Gasteiger partial charge in [0.1, 0.15) is 0 Å². The predicted octanol–water partition coefficient (Wildman–Crippen LogP) is 0.916. The minimum absolute atomic E-state index is 0.00993. The molecular weight excluding hydrogens is 246 g/mol. The van der Waals surface area contributed by atoms with Crippen LogP contribution in [0.25, 0.3) is 0 Å². The molecule has 2 heterocycles. The van der Waals surface area contributed by atoms with Gasteiger partial charge in [0.15, 0.2) is 0 Å². The Morgan fingerprint density at radius 2 is 2.50 bits per heavy atom. The molecule has 1 saturated heterocycles. The number of hydrogen-bond acceptors (Lipinski definition) is 2. The van der Waals surface area contributed by atoms with Gasteiger partial charge in [0.05, 0.1) is 23.4 Å². The third-order valence-corrected chi connectivity index (χ3v) is 3.35. The highest BCUT2D eigenvalue weighted by atomic mass is 79.9. The molecular formula is C9H12BrN3O. The van der Waals surface area contributed by atoms with Gasteiger partial charge in [-0.3, -0.25) is 4.79 Å². The van der Waals surface area contributed by atoms with E-state index in [1.165, 1.54) is 0 Å². The molecule has 1 aromatic heterocycles. The summed E-state index contributed by atoms with van der Waals surface area (Å²) in [4.78, 5) is 17.5. The van der Waals surface area contributed by atoms with Gasteiger partial charge in [0.25, 0.3) is 0 Å². The number of halogens is 1. The summed E-state index contributed by atoms with van der Waals surface area (Å²) in [6.45, 7) is 1.50. The number of likely N-dealkylation sites (tertiary alicyclic amines) is 1. The molecule has 1 aliphatic heterocycles. The van der Waals surface area contributed by atoms with E-state index in [9.17, 15) is 4.79 Å². The van der Waals surface area contributed by atoms with Crippen molar-refractivity contribution in [3.8, 4) is 0 Å². The summed E-state index contributed by atoms with van der Waals surface area (Å²) in [5.74, 6) is 0.186. The summed E-state index contributed by atoms with van der Waals surface area (Å²) in [6, 6.07) is 0. The number of carbonyl (C=O) groups is 1. The normalized spacial score (nSPS) is 22.0. The summed E-state index contributed by atoms with van der Waals surface area (Å²) < 4.78 is 1.94. The van der Waals surface area contributed by atoms with E-state index in [1.54, 1.807) is 12.5 Å². The molecule has 0 saturated carbocycles. The molecule has 0 bridgehead atoms. The lowest BCUT2D eigenvalue weighted by Crippen LogP contribution is -2.27. The second-order valence-electron chi connectivity index (χ2n) is 3.51. The molecule has 14 heavy (non-hydrogen) atoms.